The molecule has 0 saturated carbocycles. The average Bonchev–Trinajstić information content (AvgIpc) is 2.75. The lowest BCUT2D eigenvalue weighted by atomic mass is 9.96. The molecule has 3 amide bonds. The number of halogens is 2. The molecule has 31 heavy (non-hydrogen) atoms. The molecule has 3 rings (SSSR count). The van der Waals surface area contributed by atoms with Crippen molar-refractivity contribution in [3.05, 3.63) is 58.1 Å². The molecular formula is C22H23Cl2N3O4. The Morgan fingerprint density at radius 1 is 1.06 bits per heavy atom. The fourth-order valence-corrected chi connectivity index (χ4v) is 3.73. The minimum Gasteiger partial charge on any atom is -0.375 e. The molecule has 1 heterocycles. The number of amides is 3. The molecule has 1 aliphatic rings. The summed E-state index contributed by atoms with van der Waals surface area (Å²) >= 11 is 12.0. The van der Waals surface area contributed by atoms with Crippen LogP contribution in [-0.4, -0.2) is 49.4 Å². The highest BCUT2D eigenvalue weighted by Crippen LogP contribution is 2.25. The Morgan fingerprint density at radius 3 is 2.52 bits per heavy atom. The summed E-state index contributed by atoms with van der Waals surface area (Å²) in [4.78, 5) is 39.0. The molecule has 0 radical (unpaired) electrons. The zero-order valence-electron chi connectivity index (χ0n) is 17.0. The molecule has 1 atom stereocenters. The largest absolute Gasteiger partial charge is 0.375 e. The van der Waals surface area contributed by atoms with E-state index in [1.165, 1.54) is 7.11 Å². The number of carbonyl (C=O) groups excluding carboxylic acids is 3. The molecule has 1 unspecified atom stereocenters. The number of ether oxygens (including phenoxy) is 1. The van der Waals surface area contributed by atoms with Crippen LogP contribution in [0.3, 0.4) is 0 Å². The highest BCUT2D eigenvalue weighted by molar-refractivity contribution is 6.42. The summed E-state index contributed by atoms with van der Waals surface area (Å²) in [5, 5.41) is 6.27. The second kappa shape index (κ2) is 10.6. The fourth-order valence-electron chi connectivity index (χ4n) is 3.43. The van der Waals surface area contributed by atoms with Crippen LogP contribution >= 0.6 is 23.2 Å². The van der Waals surface area contributed by atoms with E-state index in [4.69, 9.17) is 27.9 Å². The number of rotatable bonds is 6. The van der Waals surface area contributed by atoms with Gasteiger partial charge in [0.05, 0.1) is 16.0 Å². The Balaban J connectivity index is 1.62. The lowest BCUT2D eigenvalue weighted by Crippen LogP contribution is -2.43. The maximum Gasteiger partial charge on any atom is 0.253 e. The summed E-state index contributed by atoms with van der Waals surface area (Å²) in [6.45, 7) is 0.834. The van der Waals surface area contributed by atoms with Crippen LogP contribution in [0.2, 0.25) is 10.0 Å². The Labute approximate surface area is 190 Å². The van der Waals surface area contributed by atoms with Gasteiger partial charge >= 0.3 is 0 Å². The SMILES string of the molecule is COCC(=O)Nc1cccc(NC(=O)C2CCCN(C(=O)c3ccc(Cl)c(Cl)c3)C2)c1. The predicted octanol–water partition coefficient (Wildman–Crippen LogP) is 4.07. The summed E-state index contributed by atoms with van der Waals surface area (Å²) in [5.41, 5.74) is 1.56. The number of hydrogen-bond acceptors (Lipinski definition) is 4. The molecule has 0 aromatic heterocycles. The molecule has 1 fully saturated rings. The second-order valence-corrected chi connectivity index (χ2v) is 8.08. The summed E-state index contributed by atoms with van der Waals surface area (Å²) in [6, 6.07) is 11.6. The Bertz CT molecular complexity index is 983. The van der Waals surface area contributed by atoms with Gasteiger partial charge in [0.15, 0.2) is 0 Å². The third kappa shape index (κ3) is 6.19. The lowest BCUT2D eigenvalue weighted by Gasteiger charge is -2.32. The highest BCUT2D eigenvalue weighted by atomic mass is 35.5. The average molecular weight is 464 g/mol. The van der Waals surface area contributed by atoms with Crippen molar-refractivity contribution < 1.29 is 19.1 Å². The smallest absolute Gasteiger partial charge is 0.253 e. The van der Waals surface area contributed by atoms with Crippen molar-refractivity contribution in [3.8, 4) is 0 Å². The quantitative estimate of drug-likeness (QED) is 0.675. The van der Waals surface area contributed by atoms with E-state index in [0.29, 0.717) is 46.5 Å². The molecule has 1 saturated heterocycles. The van der Waals surface area contributed by atoms with Gasteiger partial charge in [-0.3, -0.25) is 14.4 Å². The van der Waals surface area contributed by atoms with Crippen molar-refractivity contribution in [1.29, 1.82) is 0 Å². The van der Waals surface area contributed by atoms with Gasteiger partial charge < -0.3 is 20.3 Å². The van der Waals surface area contributed by atoms with E-state index in [-0.39, 0.29) is 30.2 Å². The molecule has 0 bridgehead atoms. The third-order valence-electron chi connectivity index (χ3n) is 4.94. The normalized spacial score (nSPS) is 16.0. The first kappa shape index (κ1) is 23.1. The van der Waals surface area contributed by atoms with Crippen LogP contribution < -0.4 is 10.6 Å². The van der Waals surface area contributed by atoms with Crippen molar-refractivity contribution >= 4 is 52.3 Å². The fraction of sp³-hybridized carbons (Fsp3) is 0.318. The zero-order valence-corrected chi connectivity index (χ0v) is 18.5. The van der Waals surface area contributed by atoms with Crippen molar-refractivity contribution in [3.63, 3.8) is 0 Å². The van der Waals surface area contributed by atoms with E-state index in [1.54, 1.807) is 47.4 Å². The Kier molecular flexibility index (Phi) is 7.90. The third-order valence-corrected chi connectivity index (χ3v) is 5.67. The molecule has 2 aromatic carbocycles. The first-order valence-electron chi connectivity index (χ1n) is 9.81. The van der Waals surface area contributed by atoms with Gasteiger partial charge in [0.1, 0.15) is 6.61 Å². The summed E-state index contributed by atoms with van der Waals surface area (Å²) in [7, 11) is 1.44. The molecule has 164 valence electrons. The number of nitrogens with zero attached hydrogens (tertiary/aromatic N) is 1. The number of methoxy groups -OCH3 is 1. The topological polar surface area (TPSA) is 87.7 Å². The van der Waals surface area contributed by atoms with Crippen LogP contribution in [0.15, 0.2) is 42.5 Å². The maximum absolute atomic E-state index is 12.8. The van der Waals surface area contributed by atoms with Crippen LogP contribution in [0, 0.1) is 5.92 Å². The number of benzene rings is 2. The van der Waals surface area contributed by atoms with E-state index >= 15 is 0 Å². The van der Waals surface area contributed by atoms with Crippen LogP contribution in [0.4, 0.5) is 11.4 Å². The van der Waals surface area contributed by atoms with Crippen molar-refractivity contribution in [2.75, 3.05) is 37.4 Å². The number of carbonyl (C=O) groups is 3. The van der Waals surface area contributed by atoms with Gasteiger partial charge in [-0.05, 0) is 49.2 Å². The lowest BCUT2D eigenvalue weighted by molar-refractivity contribution is -0.121. The molecule has 0 spiro atoms. The molecule has 0 aliphatic carbocycles. The molecule has 1 aliphatic heterocycles. The highest BCUT2D eigenvalue weighted by Gasteiger charge is 2.29. The van der Waals surface area contributed by atoms with E-state index in [2.05, 4.69) is 10.6 Å². The molecule has 9 heteroatoms. The summed E-state index contributed by atoms with van der Waals surface area (Å²) in [6.07, 6.45) is 1.40. The predicted molar refractivity (Wildman–Crippen MR) is 121 cm³/mol. The summed E-state index contributed by atoms with van der Waals surface area (Å²) in [5.74, 6) is -0.979. The number of likely N-dealkylation sites (tertiary alicyclic amines) is 1. The van der Waals surface area contributed by atoms with Crippen molar-refractivity contribution in [2.45, 2.75) is 12.8 Å². The molecule has 7 nitrogen and oxygen atoms in total. The van der Waals surface area contributed by atoms with E-state index < -0.39 is 0 Å². The van der Waals surface area contributed by atoms with E-state index in [0.717, 1.165) is 6.42 Å². The van der Waals surface area contributed by atoms with Crippen molar-refractivity contribution in [2.24, 2.45) is 5.92 Å². The van der Waals surface area contributed by atoms with Gasteiger partial charge in [-0.25, -0.2) is 0 Å². The number of anilines is 2. The Hall–Kier alpha value is -2.61. The van der Waals surface area contributed by atoms with E-state index in [9.17, 15) is 14.4 Å². The standard InChI is InChI=1S/C22H23Cl2N3O4/c1-31-13-20(28)25-16-5-2-6-17(11-16)26-21(29)15-4-3-9-27(12-15)22(30)14-7-8-18(23)19(24)10-14/h2,5-8,10-11,15H,3-4,9,12-13H2,1H3,(H,25,28)(H,26,29). The van der Waals surface area contributed by atoms with Gasteiger partial charge in [-0.2, -0.15) is 0 Å². The molecule has 2 N–H and O–H groups in total. The van der Waals surface area contributed by atoms with Crippen LogP contribution in [0.5, 0.6) is 0 Å². The Morgan fingerprint density at radius 2 is 1.81 bits per heavy atom. The molecule has 2 aromatic rings. The molecular weight excluding hydrogens is 441 g/mol. The monoisotopic (exact) mass is 463 g/mol. The number of nitrogens with one attached hydrogen (secondary N) is 2. The second-order valence-electron chi connectivity index (χ2n) is 7.27. The van der Waals surface area contributed by atoms with Gasteiger partial charge in [0.25, 0.3) is 5.91 Å². The minimum absolute atomic E-state index is 0.0542. The van der Waals surface area contributed by atoms with Gasteiger partial charge in [0.2, 0.25) is 11.8 Å². The van der Waals surface area contributed by atoms with Crippen LogP contribution in [0.25, 0.3) is 0 Å². The van der Waals surface area contributed by atoms with Crippen molar-refractivity contribution in [1.82, 2.24) is 4.90 Å². The number of hydrogen-bond donors (Lipinski definition) is 2. The van der Waals surface area contributed by atoms with Gasteiger partial charge in [0, 0.05) is 37.1 Å². The van der Waals surface area contributed by atoms with Gasteiger partial charge in [-0.1, -0.05) is 29.3 Å². The minimum atomic E-state index is -0.341. The summed E-state index contributed by atoms with van der Waals surface area (Å²) < 4.78 is 4.80. The van der Waals surface area contributed by atoms with Crippen LogP contribution in [-0.2, 0) is 14.3 Å². The van der Waals surface area contributed by atoms with E-state index in [1.807, 2.05) is 0 Å². The van der Waals surface area contributed by atoms with Gasteiger partial charge in [-0.15, -0.1) is 0 Å². The zero-order chi connectivity index (χ0) is 22.4. The first-order valence-corrected chi connectivity index (χ1v) is 10.6. The maximum atomic E-state index is 12.8. The first-order chi connectivity index (χ1) is 14.9. The number of piperidine rings is 1. The van der Waals surface area contributed by atoms with Crippen LogP contribution in [0.1, 0.15) is 23.2 Å².